The molecule has 0 bridgehead atoms. The number of amides is 1. The smallest absolute Gasteiger partial charge is 0.302 e. The van der Waals surface area contributed by atoms with Gasteiger partial charge in [0.15, 0.2) is 0 Å². The minimum atomic E-state index is -0.339. The van der Waals surface area contributed by atoms with Crippen molar-refractivity contribution in [3.63, 3.8) is 0 Å². The molecule has 2 unspecified atom stereocenters. The molecule has 2 atom stereocenters. The van der Waals surface area contributed by atoms with E-state index in [1.165, 1.54) is 6.92 Å². The highest BCUT2D eigenvalue weighted by atomic mass is 16.5. The van der Waals surface area contributed by atoms with Crippen LogP contribution < -0.4 is 10.6 Å². The Morgan fingerprint density at radius 3 is 2.55 bits per heavy atom. The molecule has 8 heteroatoms. The Morgan fingerprint density at radius 1 is 1.15 bits per heavy atom. The minimum absolute atomic E-state index is 0.157. The predicted octanol–water partition coefficient (Wildman–Crippen LogP) is 2.73. The van der Waals surface area contributed by atoms with Crippen LogP contribution >= 0.6 is 0 Å². The summed E-state index contributed by atoms with van der Waals surface area (Å²) in [7, 11) is 0. The van der Waals surface area contributed by atoms with Crippen LogP contribution in [-0.4, -0.2) is 61.6 Å². The Balaban J connectivity index is 1.45. The highest BCUT2D eigenvalue weighted by Gasteiger charge is 2.27. The van der Waals surface area contributed by atoms with E-state index < -0.39 is 0 Å². The molecule has 1 fully saturated rings. The molecule has 1 saturated heterocycles. The molecule has 3 N–H and O–H groups in total. The molecule has 8 nitrogen and oxygen atoms in total. The van der Waals surface area contributed by atoms with Crippen LogP contribution in [-0.2, 0) is 20.7 Å². The van der Waals surface area contributed by atoms with E-state index in [9.17, 15) is 9.59 Å². The number of esters is 1. The number of nitrogens with one attached hydrogen (secondary N) is 3. The van der Waals surface area contributed by atoms with Gasteiger partial charge in [0.2, 0.25) is 0 Å². The number of nitrogens with zero attached hydrogens (tertiary/aromatic N) is 1. The molecule has 2 aromatic carbocycles. The Kier molecular flexibility index (Phi) is 7.05. The van der Waals surface area contributed by atoms with Crippen LogP contribution in [0.1, 0.15) is 46.9 Å². The maximum Gasteiger partial charge on any atom is 0.302 e. The van der Waals surface area contributed by atoms with Crippen LogP contribution in [0, 0.1) is 5.41 Å². The van der Waals surface area contributed by atoms with Crippen LogP contribution in [0.4, 0.5) is 5.69 Å². The number of amidine groups is 1. The van der Waals surface area contributed by atoms with Crippen molar-refractivity contribution in [2.75, 3.05) is 38.2 Å². The molecule has 2 aliphatic rings. The zero-order chi connectivity index (χ0) is 23.4. The van der Waals surface area contributed by atoms with Crippen LogP contribution in [0.3, 0.4) is 0 Å². The van der Waals surface area contributed by atoms with E-state index in [1.807, 2.05) is 54.3 Å². The average molecular weight is 451 g/mol. The first kappa shape index (κ1) is 22.9. The van der Waals surface area contributed by atoms with Gasteiger partial charge in [0.25, 0.3) is 5.91 Å². The number of carbonyl (C=O) groups excluding carboxylic acids is 2. The van der Waals surface area contributed by atoms with E-state index in [0.717, 1.165) is 29.7 Å². The highest BCUT2D eigenvalue weighted by Crippen LogP contribution is 2.28. The van der Waals surface area contributed by atoms with Crippen molar-refractivity contribution < 1.29 is 19.1 Å². The first-order valence-corrected chi connectivity index (χ1v) is 11.3. The van der Waals surface area contributed by atoms with Gasteiger partial charge in [0.1, 0.15) is 11.9 Å². The predicted molar refractivity (Wildman–Crippen MR) is 126 cm³/mol. The number of carbonyl (C=O) groups is 2. The zero-order valence-corrected chi connectivity index (χ0v) is 19.0. The molecule has 1 amide bonds. The number of morpholine rings is 1. The lowest BCUT2D eigenvalue weighted by molar-refractivity contribution is -0.147. The normalized spacial score (nSPS) is 18.7. The maximum atomic E-state index is 12.9. The molecule has 0 radical (unpaired) electrons. The van der Waals surface area contributed by atoms with Gasteiger partial charge in [-0.3, -0.25) is 15.0 Å². The van der Waals surface area contributed by atoms with Gasteiger partial charge in [0, 0.05) is 36.8 Å². The van der Waals surface area contributed by atoms with Gasteiger partial charge in [0.05, 0.1) is 19.3 Å². The summed E-state index contributed by atoms with van der Waals surface area (Å²) < 4.78 is 10.7. The van der Waals surface area contributed by atoms with Crippen molar-refractivity contribution in [2.24, 2.45) is 0 Å². The second kappa shape index (κ2) is 10.1. The topological polar surface area (TPSA) is 104 Å². The number of ether oxygens (including phenoxy) is 2. The van der Waals surface area contributed by atoms with Gasteiger partial charge in [-0.05, 0) is 67.4 Å². The standard InChI is InChI=1S/C25H30N4O4/c1-16(33-17(2)30)23-22-15-20(4-3-18(22)9-10-27-23)25(31)28-21-7-5-19(6-8-21)24(26)29-11-13-32-14-12-29/h3-8,15-16,23,26-27H,9-14H2,1-2H3,(H,28,31). The van der Waals surface area contributed by atoms with Crippen molar-refractivity contribution in [2.45, 2.75) is 32.4 Å². The van der Waals surface area contributed by atoms with Gasteiger partial charge >= 0.3 is 5.97 Å². The fourth-order valence-corrected chi connectivity index (χ4v) is 4.36. The van der Waals surface area contributed by atoms with E-state index in [-0.39, 0.29) is 24.0 Å². The van der Waals surface area contributed by atoms with Crippen LogP contribution in [0.15, 0.2) is 42.5 Å². The molecule has 0 spiro atoms. The van der Waals surface area contributed by atoms with E-state index in [1.54, 1.807) is 0 Å². The molecule has 0 aliphatic carbocycles. The summed E-state index contributed by atoms with van der Waals surface area (Å²) in [5, 5.41) is 14.7. The fraction of sp³-hybridized carbons (Fsp3) is 0.400. The molecule has 0 aromatic heterocycles. The van der Waals surface area contributed by atoms with E-state index in [4.69, 9.17) is 14.9 Å². The molecular weight excluding hydrogens is 420 g/mol. The molecule has 174 valence electrons. The van der Waals surface area contributed by atoms with Crippen molar-refractivity contribution in [1.82, 2.24) is 10.2 Å². The molecule has 4 rings (SSSR count). The third-order valence-electron chi connectivity index (χ3n) is 6.07. The summed E-state index contributed by atoms with van der Waals surface area (Å²) in [4.78, 5) is 26.3. The van der Waals surface area contributed by atoms with Crippen molar-refractivity contribution in [3.8, 4) is 0 Å². The van der Waals surface area contributed by atoms with Crippen molar-refractivity contribution in [1.29, 1.82) is 5.41 Å². The van der Waals surface area contributed by atoms with Gasteiger partial charge in [-0.1, -0.05) is 6.07 Å². The summed E-state index contributed by atoms with van der Waals surface area (Å²) in [6.07, 6.45) is 0.520. The summed E-state index contributed by atoms with van der Waals surface area (Å²) in [5.74, 6) is -0.0694. The number of anilines is 1. The zero-order valence-electron chi connectivity index (χ0n) is 19.0. The highest BCUT2D eigenvalue weighted by molar-refractivity contribution is 6.05. The van der Waals surface area contributed by atoms with Gasteiger partial charge < -0.3 is 25.0 Å². The van der Waals surface area contributed by atoms with Gasteiger partial charge in [-0.25, -0.2) is 0 Å². The lowest BCUT2D eigenvalue weighted by Crippen LogP contribution is -2.40. The third-order valence-corrected chi connectivity index (χ3v) is 6.07. The number of hydrogen-bond acceptors (Lipinski definition) is 6. The fourth-order valence-electron chi connectivity index (χ4n) is 4.36. The lowest BCUT2D eigenvalue weighted by atomic mass is 9.90. The Labute approximate surface area is 193 Å². The quantitative estimate of drug-likeness (QED) is 0.368. The first-order chi connectivity index (χ1) is 15.9. The molecule has 0 saturated carbocycles. The lowest BCUT2D eigenvalue weighted by Gasteiger charge is -2.31. The Morgan fingerprint density at radius 2 is 1.85 bits per heavy atom. The van der Waals surface area contributed by atoms with Crippen LogP contribution in [0.5, 0.6) is 0 Å². The summed E-state index contributed by atoms with van der Waals surface area (Å²) >= 11 is 0. The minimum Gasteiger partial charge on any atom is -0.461 e. The summed E-state index contributed by atoms with van der Waals surface area (Å²) in [5.41, 5.74) is 4.15. The Bertz CT molecular complexity index is 1030. The second-order valence-electron chi connectivity index (χ2n) is 8.39. The molecule has 2 aromatic rings. The number of benzene rings is 2. The number of hydrogen-bond donors (Lipinski definition) is 3. The van der Waals surface area contributed by atoms with E-state index >= 15 is 0 Å². The van der Waals surface area contributed by atoms with Crippen LogP contribution in [0.2, 0.25) is 0 Å². The Hall–Kier alpha value is -3.23. The summed E-state index contributed by atoms with van der Waals surface area (Å²) in [6, 6.07) is 12.9. The van der Waals surface area contributed by atoms with Crippen molar-refractivity contribution >= 4 is 23.4 Å². The molecular formula is C25H30N4O4. The van der Waals surface area contributed by atoms with Crippen LogP contribution in [0.25, 0.3) is 0 Å². The molecule has 33 heavy (non-hydrogen) atoms. The molecule has 2 heterocycles. The first-order valence-electron chi connectivity index (χ1n) is 11.3. The number of rotatable bonds is 5. The van der Waals surface area contributed by atoms with E-state index in [2.05, 4.69) is 10.6 Å². The SMILES string of the molecule is CC(=O)OC(C)C1NCCc2ccc(C(=O)Nc3ccc(C(=N)N4CCOCC4)cc3)cc21. The van der Waals surface area contributed by atoms with E-state index in [0.29, 0.717) is 43.4 Å². The second-order valence-corrected chi connectivity index (χ2v) is 8.39. The monoisotopic (exact) mass is 450 g/mol. The third kappa shape index (κ3) is 5.40. The summed E-state index contributed by atoms with van der Waals surface area (Å²) in [6.45, 7) is 6.74. The van der Waals surface area contributed by atoms with Gasteiger partial charge in [-0.15, -0.1) is 0 Å². The van der Waals surface area contributed by atoms with Crippen molar-refractivity contribution in [3.05, 3.63) is 64.7 Å². The largest absolute Gasteiger partial charge is 0.461 e. The molecule has 2 aliphatic heterocycles. The van der Waals surface area contributed by atoms with Gasteiger partial charge in [-0.2, -0.15) is 0 Å². The maximum absolute atomic E-state index is 12.9. The number of fused-ring (bicyclic) bond motifs is 1. The average Bonchev–Trinajstić information content (AvgIpc) is 2.83.